The largest absolute Gasteiger partial charge is 0.382 e. The average molecular weight is 274 g/mol. The second-order valence-corrected chi connectivity index (χ2v) is 4.88. The number of benzene rings is 1. The van der Waals surface area contributed by atoms with Crippen molar-refractivity contribution in [3.05, 3.63) is 47.9 Å². The van der Waals surface area contributed by atoms with Crippen LogP contribution in [0.25, 0.3) is 10.9 Å². The van der Waals surface area contributed by atoms with Crippen molar-refractivity contribution in [1.29, 1.82) is 0 Å². The van der Waals surface area contributed by atoms with Gasteiger partial charge in [0, 0.05) is 23.3 Å². The standard InChI is InChI=1S/C16H19FN2O/c1-11(2)10-20-8-7-18-15-9-12(3)19-16-13(15)5-4-6-14(16)17/h4-6,9H,1,7-8,10H2,2-3H3,(H,18,19). The quantitative estimate of drug-likeness (QED) is 0.644. The Morgan fingerprint density at radius 3 is 3.00 bits per heavy atom. The molecule has 1 heterocycles. The van der Waals surface area contributed by atoms with Crippen LogP contribution in [-0.2, 0) is 4.74 Å². The summed E-state index contributed by atoms with van der Waals surface area (Å²) in [5.74, 6) is -0.298. The summed E-state index contributed by atoms with van der Waals surface area (Å²) in [5.41, 5.74) is 3.06. The molecule has 20 heavy (non-hydrogen) atoms. The van der Waals surface area contributed by atoms with Gasteiger partial charge in [-0.3, -0.25) is 0 Å². The van der Waals surface area contributed by atoms with Crippen molar-refractivity contribution in [2.75, 3.05) is 25.1 Å². The van der Waals surface area contributed by atoms with E-state index in [1.54, 1.807) is 6.07 Å². The van der Waals surface area contributed by atoms with E-state index in [2.05, 4.69) is 16.9 Å². The second-order valence-electron chi connectivity index (χ2n) is 4.88. The summed E-state index contributed by atoms with van der Waals surface area (Å²) in [7, 11) is 0. The minimum absolute atomic E-state index is 0.298. The minimum atomic E-state index is -0.298. The van der Waals surface area contributed by atoms with Crippen molar-refractivity contribution < 1.29 is 9.13 Å². The molecular formula is C16H19FN2O. The molecule has 0 amide bonds. The lowest BCUT2D eigenvalue weighted by molar-refractivity contribution is 0.167. The smallest absolute Gasteiger partial charge is 0.149 e. The van der Waals surface area contributed by atoms with Crippen LogP contribution in [-0.4, -0.2) is 24.7 Å². The Bertz CT molecular complexity index is 625. The molecule has 1 aromatic heterocycles. The van der Waals surface area contributed by atoms with E-state index in [0.29, 0.717) is 25.3 Å². The van der Waals surface area contributed by atoms with Crippen molar-refractivity contribution in [2.45, 2.75) is 13.8 Å². The molecule has 0 radical (unpaired) electrons. The molecule has 4 heteroatoms. The number of nitrogens with one attached hydrogen (secondary N) is 1. The van der Waals surface area contributed by atoms with E-state index < -0.39 is 0 Å². The van der Waals surface area contributed by atoms with Crippen LogP contribution in [0.1, 0.15) is 12.6 Å². The first kappa shape index (κ1) is 14.5. The molecule has 0 unspecified atom stereocenters. The molecule has 1 N–H and O–H groups in total. The monoisotopic (exact) mass is 274 g/mol. The first-order valence-corrected chi connectivity index (χ1v) is 6.60. The molecule has 0 atom stereocenters. The summed E-state index contributed by atoms with van der Waals surface area (Å²) in [4.78, 5) is 4.25. The van der Waals surface area contributed by atoms with Gasteiger partial charge in [0.1, 0.15) is 11.3 Å². The molecule has 0 aliphatic carbocycles. The zero-order chi connectivity index (χ0) is 14.5. The number of halogens is 1. The van der Waals surface area contributed by atoms with Crippen LogP contribution >= 0.6 is 0 Å². The highest BCUT2D eigenvalue weighted by Crippen LogP contribution is 2.24. The summed E-state index contributed by atoms with van der Waals surface area (Å²) >= 11 is 0. The van der Waals surface area contributed by atoms with Crippen molar-refractivity contribution in [3.8, 4) is 0 Å². The highest BCUT2D eigenvalue weighted by atomic mass is 19.1. The molecule has 2 rings (SSSR count). The first-order valence-electron chi connectivity index (χ1n) is 6.60. The predicted molar refractivity (Wildman–Crippen MR) is 80.6 cm³/mol. The lowest BCUT2D eigenvalue weighted by atomic mass is 10.1. The molecule has 106 valence electrons. The molecule has 0 bridgehead atoms. The Morgan fingerprint density at radius 1 is 1.45 bits per heavy atom. The molecule has 3 nitrogen and oxygen atoms in total. The molecule has 0 saturated heterocycles. The summed E-state index contributed by atoms with van der Waals surface area (Å²) < 4.78 is 19.2. The number of pyridine rings is 1. The maximum Gasteiger partial charge on any atom is 0.149 e. The molecular weight excluding hydrogens is 255 g/mol. The number of ether oxygens (including phenoxy) is 1. The summed E-state index contributed by atoms with van der Waals surface area (Å²) in [5, 5.41) is 4.06. The summed E-state index contributed by atoms with van der Waals surface area (Å²) in [6, 6.07) is 6.90. The number of aromatic nitrogens is 1. The number of rotatable bonds is 6. The molecule has 1 aromatic carbocycles. The number of nitrogens with zero attached hydrogens (tertiary/aromatic N) is 1. The van der Waals surface area contributed by atoms with Crippen LogP contribution in [0.4, 0.5) is 10.1 Å². The Hall–Kier alpha value is -1.94. The Balaban J connectivity index is 2.10. The van der Waals surface area contributed by atoms with Gasteiger partial charge in [0.25, 0.3) is 0 Å². The van der Waals surface area contributed by atoms with Crippen molar-refractivity contribution >= 4 is 16.6 Å². The van der Waals surface area contributed by atoms with Gasteiger partial charge in [-0.2, -0.15) is 0 Å². The lowest BCUT2D eigenvalue weighted by Crippen LogP contribution is -2.11. The molecule has 0 saturated carbocycles. The SMILES string of the molecule is C=C(C)COCCNc1cc(C)nc2c(F)cccc12. The highest BCUT2D eigenvalue weighted by Gasteiger charge is 2.07. The number of anilines is 1. The zero-order valence-corrected chi connectivity index (χ0v) is 11.9. The number of hydrogen-bond acceptors (Lipinski definition) is 3. The fourth-order valence-electron chi connectivity index (χ4n) is 1.99. The van der Waals surface area contributed by atoms with Gasteiger partial charge >= 0.3 is 0 Å². The third kappa shape index (κ3) is 3.54. The van der Waals surface area contributed by atoms with Crippen LogP contribution < -0.4 is 5.32 Å². The first-order chi connectivity index (χ1) is 9.58. The van der Waals surface area contributed by atoms with Gasteiger partial charge in [-0.1, -0.05) is 24.3 Å². The van der Waals surface area contributed by atoms with Crippen LogP contribution in [0.3, 0.4) is 0 Å². The fourth-order valence-corrected chi connectivity index (χ4v) is 1.99. The van der Waals surface area contributed by atoms with E-state index in [-0.39, 0.29) is 5.82 Å². The number of fused-ring (bicyclic) bond motifs is 1. The molecule has 0 aliphatic rings. The Kier molecular flexibility index (Phi) is 4.69. The van der Waals surface area contributed by atoms with Crippen molar-refractivity contribution in [2.24, 2.45) is 0 Å². The van der Waals surface area contributed by atoms with Crippen LogP contribution in [0.15, 0.2) is 36.4 Å². The maximum atomic E-state index is 13.8. The van der Waals surface area contributed by atoms with Gasteiger partial charge in [0.15, 0.2) is 0 Å². The molecule has 0 fully saturated rings. The minimum Gasteiger partial charge on any atom is -0.382 e. The van der Waals surface area contributed by atoms with Gasteiger partial charge in [0.2, 0.25) is 0 Å². The molecule has 2 aromatic rings. The van der Waals surface area contributed by atoms with Crippen LogP contribution in [0.5, 0.6) is 0 Å². The van der Waals surface area contributed by atoms with Crippen LogP contribution in [0, 0.1) is 12.7 Å². The normalized spacial score (nSPS) is 10.8. The maximum absolute atomic E-state index is 13.8. The van der Waals surface area contributed by atoms with E-state index in [9.17, 15) is 4.39 Å². The van der Waals surface area contributed by atoms with Crippen LogP contribution in [0.2, 0.25) is 0 Å². The van der Waals surface area contributed by atoms with E-state index in [0.717, 1.165) is 22.3 Å². The van der Waals surface area contributed by atoms with E-state index in [1.807, 2.05) is 26.0 Å². The lowest BCUT2D eigenvalue weighted by Gasteiger charge is -2.11. The predicted octanol–water partition coefficient (Wildman–Crippen LogP) is 3.69. The van der Waals surface area contributed by atoms with Gasteiger partial charge in [-0.05, 0) is 26.0 Å². The topological polar surface area (TPSA) is 34.1 Å². The average Bonchev–Trinajstić information content (AvgIpc) is 2.39. The van der Waals surface area contributed by atoms with Gasteiger partial charge < -0.3 is 10.1 Å². The number of aryl methyl sites for hydroxylation is 1. The summed E-state index contributed by atoms with van der Waals surface area (Å²) in [6.07, 6.45) is 0. The van der Waals surface area contributed by atoms with Gasteiger partial charge in [-0.25, -0.2) is 9.37 Å². The van der Waals surface area contributed by atoms with E-state index in [4.69, 9.17) is 4.74 Å². The Labute approximate surface area is 118 Å². The third-order valence-electron chi connectivity index (χ3n) is 2.83. The van der Waals surface area contributed by atoms with E-state index in [1.165, 1.54) is 6.07 Å². The van der Waals surface area contributed by atoms with Gasteiger partial charge in [0.05, 0.1) is 13.2 Å². The summed E-state index contributed by atoms with van der Waals surface area (Å²) in [6.45, 7) is 9.35. The number of hydrogen-bond donors (Lipinski definition) is 1. The second kappa shape index (κ2) is 6.48. The number of para-hydroxylation sites is 1. The zero-order valence-electron chi connectivity index (χ0n) is 11.9. The highest BCUT2D eigenvalue weighted by molar-refractivity contribution is 5.91. The van der Waals surface area contributed by atoms with Gasteiger partial charge in [-0.15, -0.1) is 0 Å². The van der Waals surface area contributed by atoms with Crippen molar-refractivity contribution in [1.82, 2.24) is 4.98 Å². The Morgan fingerprint density at radius 2 is 2.25 bits per heavy atom. The molecule has 0 spiro atoms. The molecule has 0 aliphatic heterocycles. The van der Waals surface area contributed by atoms with E-state index >= 15 is 0 Å². The van der Waals surface area contributed by atoms with Crippen molar-refractivity contribution in [3.63, 3.8) is 0 Å². The fraction of sp³-hybridized carbons (Fsp3) is 0.312. The third-order valence-corrected chi connectivity index (χ3v) is 2.83.